The third-order valence-corrected chi connectivity index (χ3v) is 2.79. The van der Waals surface area contributed by atoms with Crippen molar-refractivity contribution in [3.05, 3.63) is 29.8 Å². The van der Waals surface area contributed by atoms with Gasteiger partial charge in [-0.25, -0.2) is 0 Å². The summed E-state index contributed by atoms with van der Waals surface area (Å²) in [6.45, 7) is 4.81. The van der Waals surface area contributed by atoms with Crippen molar-refractivity contribution in [2.24, 2.45) is 5.92 Å². The van der Waals surface area contributed by atoms with E-state index in [2.05, 4.69) is 10.6 Å². The molecule has 0 saturated carbocycles. The van der Waals surface area contributed by atoms with Gasteiger partial charge in [0.2, 0.25) is 11.8 Å². The number of hydrogen-bond acceptors (Lipinski definition) is 2. The Morgan fingerprint density at radius 3 is 2.00 bits per heavy atom. The van der Waals surface area contributed by atoms with Crippen LogP contribution in [0.1, 0.15) is 26.3 Å². The van der Waals surface area contributed by atoms with Crippen LogP contribution in [-0.4, -0.2) is 17.9 Å². The molecule has 0 aliphatic rings. The number of benzene rings is 1. The van der Waals surface area contributed by atoms with Gasteiger partial charge in [0, 0.05) is 12.6 Å². The van der Waals surface area contributed by atoms with E-state index in [-0.39, 0.29) is 17.5 Å². The number of rotatable bonds is 4. The van der Waals surface area contributed by atoms with Crippen molar-refractivity contribution in [3.63, 3.8) is 0 Å². The molecule has 0 fully saturated rings. The van der Waals surface area contributed by atoms with Crippen molar-refractivity contribution in [2.45, 2.75) is 33.0 Å². The van der Waals surface area contributed by atoms with Crippen LogP contribution in [0.3, 0.4) is 0 Å². The highest BCUT2D eigenvalue weighted by atomic mass is 19.4. The third-order valence-electron chi connectivity index (χ3n) is 2.79. The molecule has 0 heterocycles. The number of carbonyl (C=O) groups excluding carboxylic acids is 2. The minimum absolute atomic E-state index is 0.150. The number of nitrogens with one attached hydrogen (secondary N) is 2. The molecule has 1 aromatic rings. The Morgan fingerprint density at radius 1 is 1.10 bits per heavy atom. The summed E-state index contributed by atoms with van der Waals surface area (Å²) in [7, 11) is 0. The molecular weight excluding hydrogens is 285 g/mol. The molecule has 1 rings (SSSR count). The molecular formula is C14H17F3N2O2. The van der Waals surface area contributed by atoms with E-state index < -0.39 is 23.7 Å². The van der Waals surface area contributed by atoms with Crippen molar-refractivity contribution in [1.29, 1.82) is 0 Å². The van der Waals surface area contributed by atoms with E-state index in [4.69, 9.17) is 0 Å². The number of carbonyl (C=O) groups is 2. The summed E-state index contributed by atoms with van der Waals surface area (Å²) in [6, 6.07) is 3.37. The summed E-state index contributed by atoms with van der Waals surface area (Å²) >= 11 is 0. The Morgan fingerprint density at radius 2 is 1.62 bits per heavy atom. The molecule has 7 heteroatoms. The highest BCUT2D eigenvalue weighted by Gasteiger charge is 2.30. The molecule has 2 amide bonds. The van der Waals surface area contributed by atoms with Gasteiger partial charge < -0.3 is 10.6 Å². The minimum Gasteiger partial charge on any atom is -0.344 e. The Labute approximate surface area is 120 Å². The Hall–Kier alpha value is -2.05. The summed E-state index contributed by atoms with van der Waals surface area (Å²) in [4.78, 5) is 23.1. The van der Waals surface area contributed by atoms with Crippen LogP contribution >= 0.6 is 0 Å². The van der Waals surface area contributed by atoms with Crippen LogP contribution in [0.15, 0.2) is 24.3 Å². The quantitative estimate of drug-likeness (QED) is 0.898. The zero-order chi connectivity index (χ0) is 16.2. The van der Waals surface area contributed by atoms with Gasteiger partial charge in [0.15, 0.2) is 0 Å². The maximum absolute atomic E-state index is 12.4. The van der Waals surface area contributed by atoms with E-state index in [1.165, 1.54) is 19.1 Å². The first-order valence-electron chi connectivity index (χ1n) is 6.36. The van der Waals surface area contributed by atoms with Crippen molar-refractivity contribution in [1.82, 2.24) is 5.32 Å². The fraction of sp³-hybridized carbons (Fsp3) is 0.429. The first-order chi connectivity index (χ1) is 9.61. The predicted octanol–water partition coefficient (Wildman–Crippen LogP) is 2.80. The summed E-state index contributed by atoms with van der Waals surface area (Å²) in [5.41, 5.74) is -0.549. The molecule has 4 nitrogen and oxygen atoms in total. The lowest BCUT2D eigenvalue weighted by atomic mass is 10.0. The molecule has 0 aliphatic carbocycles. The van der Waals surface area contributed by atoms with Crippen LogP contribution in [-0.2, 0) is 15.8 Å². The van der Waals surface area contributed by atoms with Crippen LogP contribution in [0, 0.1) is 5.92 Å². The first kappa shape index (κ1) is 17.0. The smallest absolute Gasteiger partial charge is 0.344 e. The van der Waals surface area contributed by atoms with E-state index in [9.17, 15) is 22.8 Å². The molecule has 0 saturated heterocycles. The van der Waals surface area contributed by atoms with Gasteiger partial charge in [0.25, 0.3) is 0 Å². The SMILES string of the molecule is CC(=O)N[C@@H](C(=O)Nc1ccc(C(F)(F)F)cc1)C(C)C. The van der Waals surface area contributed by atoms with Crippen molar-refractivity contribution in [3.8, 4) is 0 Å². The highest BCUT2D eigenvalue weighted by Crippen LogP contribution is 2.29. The summed E-state index contributed by atoms with van der Waals surface area (Å²) in [6.07, 6.45) is -4.42. The van der Waals surface area contributed by atoms with Gasteiger partial charge in [0.05, 0.1) is 5.56 Å². The molecule has 1 atom stereocenters. The average molecular weight is 302 g/mol. The molecule has 116 valence electrons. The first-order valence-corrected chi connectivity index (χ1v) is 6.36. The molecule has 0 unspecified atom stereocenters. The van der Waals surface area contributed by atoms with Gasteiger partial charge in [-0.2, -0.15) is 13.2 Å². The molecule has 0 radical (unpaired) electrons. The second-order valence-corrected chi connectivity index (χ2v) is 4.99. The Balaban J connectivity index is 2.79. The lowest BCUT2D eigenvalue weighted by Crippen LogP contribution is -2.46. The normalized spacial score (nSPS) is 12.9. The van der Waals surface area contributed by atoms with Gasteiger partial charge in [-0.15, -0.1) is 0 Å². The number of hydrogen-bond donors (Lipinski definition) is 2. The third kappa shape index (κ3) is 5.09. The largest absolute Gasteiger partial charge is 0.416 e. The standard InChI is InChI=1S/C14H17F3N2O2/c1-8(2)12(18-9(3)20)13(21)19-11-6-4-10(5-7-11)14(15,16)17/h4-8,12H,1-3H3,(H,18,20)(H,19,21)/t12-/m1/s1. The number of halogens is 3. The molecule has 2 N–H and O–H groups in total. The molecule has 0 aliphatic heterocycles. The summed E-state index contributed by atoms with van der Waals surface area (Å²) in [5, 5.41) is 4.99. The topological polar surface area (TPSA) is 58.2 Å². The number of alkyl halides is 3. The van der Waals surface area contributed by atoms with Crippen LogP contribution in [0.2, 0.25) is 0 Å². The van der Waals surface area contributed by atoms with Crippen molar-refractivity contribution < 1.29 is 22.8 Å². The zero-order valence-corrected chi connectivity index (χ0v) is 11.9. The Kier molecular flexibility index (Phi) is 5.34. The van der Waals surface area contributed by atoms with Crippen LogP contribution in [0.25, 0.3) is 0 Å². The maximum atomic E-state index is 12.4. The second kappa shape index (κ2) is 6.60. The lowest BCUT2D eigenvalue weighted by Gasteiger charge is -2.21. The molecule has 1 aromatic carbocycles. The highest BCUT2D eigenvalue weighted by molar-refractivity contribution is 5.97. The molecule has 21 heavy (non-hydrogen) atoms. The van der Waals surface area contributed by atoms with Gasteiger partial charge in [-0.05, 0) is 30.2 Å². The summed E-state index contributed by atoms with van der Waals surface area (Å²) < 4.78 is 37.3. The number of amides is 2. The van der Waals surface area contributed by atoms with Gasteiger partial charge >= 0.3 is 6.18 Å². The summed E-state index contributed by atoms with van der Waals surface area (Å²) in [5.74, 6) is -0.973. The second-order valence-electron chi connectivity index (χ2n) is 4.99. The molecule has 0 spiro atoms. The van der Waals surface area contributed by atoms with Crippen LogP contribution in [0.4, 0.5) is 18.9 Å². The minimum atomic E-state index is -4.42. The number of anilines is 1. The lowest BCUT2D eigenvalue weighted by molar-refractivity contribution is -0.137. The van der Waals surface area contributed by atoms with E-state index >= 15 is 0 Å². The van der Waals surface area contributed by atoms with Crippen LogP contribution in [0.5, 0.6) is 0 Å². The van der Waals surface area contributed by atoms with Crippen molar-refractivity contribution in [2.75, 3.05) is 5.32 Å². The monoisotopic (exact) mass is 302 g/mol. The fourth-order valence-corrected chi connectivity index (χ4v) is 1.72. The zero-order valence-electron chi connectivity index (χ0n) is 11.9. The van der Waals surface area contributed by atoms with Crippen molar-refractivity contribution >= 4 is 17.5 Å². The van der Waals surface area contributed by atoms with Gasteiger partial charge in [-0.3, -0.25) is 9.59 Å². The van der Waals surface area contributed by atoms with E-state index in [0.29, 0.717) is 0 Å². The van der Waals surface area contributed by atoms with E-state index in [1.807, 2.05) is 0 Å². The Bertz CT molecular complexity index is 510. The van der Waals surface area contributed by atoms with Crippen LogP contribution < -0.4 is 10.6 Å². The van der Waals surface area contributed by atoms with E-state index in [1.54, 1.807) is 13.8 Å². The van der Waals surface area contributed by atoms with Gasteiger partial charge in [-0.1, -0.05) is 13.8 Å². The van der Waals surface area contributed by atoms with E-state index in [0.717, 1.165) is 12.1 Å². The molecule has 0 bridgehead atoms. The predicted molar refractivity (Wildman–Crippen MR) is 72.5 cm³/mol. The maximum Gasteiger partial charge on any atom is 0.416 e. The molecule has 0 aromatic heterocycles. The fourth-order valence-electron chi connectivity index (χ4n) is 1.72. The average Bonchev–Trinajstić information content (AvgIpc) is 2.34. The van der Waals surface area contributed by atoms with Gasteiger partial charge in [0.1, 0.15) is 6.04 Å².